The van der Waals surface area contributed by atoms with Crippen LogP contribution in [0.15, 0.2) is 18.2 Å². The van der Waals surface area contributed by atoms with E-state index < -0.39 is 34.8 Å². The maximum atomic E-state index is 11.9. The lowest BCUT2D eigenvalue weighted by Gasteiger charge is -2.11. The minimum Gasteiger partial charge on any atom is -0.508 e. The summed E-state index contributed by atoms with van der Waals surface area (Å²) in [7, 11) is -3.90. The SMILES string of the molecule is Nc1cc(O)ccc1NS(=O)(=O)CCCC(F)(F)F. The van der Waals surface area contributed by atoms with Crippen molar-refractivity contribution in [1.29, 1.82) is 0 Å². The number of nitrogens with one attached hydrogen (secondary N) is 1. The van der Waals surface area contributed by atoms with Gasteiger partial charge in [0, 0.05) is 12.5 Å². The molecule has 1 aromatic carbocycles. The van der Waals surface area contributed by atoms with Gasteiger partial charge in [-0.05, 0) is 18.6 Å². The molecule has 0 radical (unpaired) electrons. The van der Waals surface area contributed by atoms with Gasteiger partial charge in [-0.1, -0.05) is 0 Å². The van der Waals surface area contributed by atoms with Gasteiger partial charge in [0.2, 0.25) is 10.0 Å². The van der Waals surface area contributed by atoms with Crippen LogP contribution in [0.1, 0.15) is 12.8 Å². The Bertz CT molecular complexity index is 543. The van der Waals surface area contributed by atoms with E-state index in [0.29, 0.717) is 0 Å². The fourth-order valence-corrected chi connectivity index (χ4v) is 2.47. The number of halogens is 3. The highest BCUT2D eigenvalue weighted by atomic mass is 32.2. The molecule has 0 saturated heterocycles. The van der Waals surface area contributed by atoms with Gasteiger partial charge >= 0.3 is 6.18 Å². The third kappa shape index (κ3) is 5.69. The molecule has 108 valence electrons. The number of benzene rings is 1. The summed E-state index contributed by atoms with van der Waals surface area (Å²) in [6.07, 6.45) is -6.08. The van der Waals surface area contributed by atoms with Gasteiger partial charge in [0.05, 0.1) is 17.1 Å². The molecule has 0 atom stereocenters. The largest absolute Gasteiger partial charge is 0.508 e. The van der Waals surface area contributed by atoms with Crippen molar-refractivity contribution in [2.45, 2.75) is 19.0 Å². The number of rotatable bonds is 5. The molecule has 0 aromatic heterocycles. The molecule has 0 spiro atoms. The van der Waals surface area contributed by atoms with Crippen molar-refractivity contribution < 1.29 is 26.7 Å². The maximum Gasteiger partial charge on any atom is 0.389 e. The zero-order valence-electron chi connectivity index (χ0n) is 9.74. The summed E-state index contributed by atoms with van der Waals surface area (Å²) in [6.45, 7) is 0. The summed E-state index contributed by atoms with van der Waals surface area (Å²) in [5, 5.41) is 9.08. The lowest BCUT2D eigenvalue weighted by atomic mass is 10.2. The summed E-state index contributed by atoms with van der Waals surface area (Å²) < 4.78 is 60.8. The van der Waals surface area contributed by atoms with Crippen LogP contribution in [0.25, 0.3) is 0 Å². The average molecular weight is 298 g/mol. The van der Waals surface area contributed by atoms with Crippen molar-refractivity contribution in [2.75, 3.05) is 16.2 Å². The van der Waals surface area contributed by atoms with Gasteiger partial charge in [-0.2, -0.15) is 13.2 Å². The second-order valence-electron chi connectivity index (χ2n) is 3.91. The number of sulfonamides is 1. The second kappa shape index (κ2) is 5.55. The topological polar surface area (TPSA) is 92.4 Å². The predicted octanol–water partition coefficient (Wildman–Crippen LogP) is 2.06. The van der Waals surface area contributed by atoms with Crippen molar-refractivity contribution in [3.05, 3.63) is 18.2 Å². The molecule has 0 fully saturated rings. The molecule has 0 saturated carbocycles. The molecule has 5 nitrogen and oxygen atoms in total. The molecule has 1 aromatic rings. The third-order valence-electron chi connectivity index (χ3n) is 2.17. The molecule has 0 bridgehead atoms. The monoisotopic (exact) mass is 298 g/mol. The van der Waals surface area contributed by atoms with Crippen LogP contribution in [0.5, 0.6) is 5.75 Å². The van der Waals surface area contributed by atoms with E-state index in [1.54, 1.807) is 0 Å². The number of hydrogen-bond acceptors (Lipinski definition) is 4. The van der Waals surface area contributed by atoms with E-state index in [-0.39, 0.29) is 17.1 Å². The molecule has 1 rings (SSSR count). The number of nitrogen functional groups attached to an aromatic ring is 1. The van der Waals surface area contributed by atoms with Crippen LogP contribution >= 0.6 is 0 Å². The van der Waals surface area contributed by atoms with Crippen LogP contribution in [0.2, 0.25) is 0 Å². The van der Waals surface area contributed by atoms with E-state index in [1.807, 2.05) is 0 Å². The molecular formula is C10H13F3N2O3S. The van der Waals surface area contributed by atoms with E-state index in [4.69, 9.17) is 10.8 Å². The number of anilines is 2. The van der Waals surface area contributed by atoms with Gasteiger partial charge < -0.3 is 10.8 Å². The highest BCUT2D eigenvalue weighted by Crippen LogP contribution is 2.25. The fourth-order valence-electron chi connectivity index (χ4n) is 1.32. The molecular weight excluding hydrogens is 285 g/mol. The summed E-state index contributed by atoms with van der Waals surface area (Å²) in [5.41, 5.74) is 5.46. The summed E-state index contributed by atoms with van der Waals surface area (Å²) >= 11 is 0. The number of nitrogens with two attached hydrogens (primary N) is 1. The van der Waals surface area contributed by atoms with E-state index in [1.165, 1.54) is 12.1 Å². The van der Waals surface area contributed by atoms with E-state index in [2.05, 4.69) is 4.72 Å². The van der Waals surface area contributed by atoms with Gasteiger partial charge in [-0.25, -0.2) is 8.42 Å². The van der Waals surface area contributed by atoms with Crippen LogP contribution in [0.3, 0.4) is 0 Å². The number of aromatic hydroxyl groups is 1. The van der Waals surface area contributed by atoms with Gasteiger partial charge in [0.1, 0.15) is 5.75 Å². The minimum atomic E-state index is -4.38. The van der Waals surface area contributed by atoms with Gasteiger partial charge in [0.15, 0.2) is 0 Å². The van der Waals surface area contributed by atoms with Crippen molar-refractivity contribution >= 4 is 21.4 Å². The average Bonchev–Trinajstić information content (AvgIpc) is 2.20. The smallest absolute Gasteiger partial charge is 0.389 e. The fraction of sp³-hybridized carbons (Fsp3) is 0.400. The highest BCUT2D eigenvalue weighted by Gasteiger charge is 2.27. The molecule has 9 heteroatoms. The quantitative estimate of drug-likeness (QED) is 0.573. The first kappa shape index (κ1) is 15.4. The first-order valence-electron chi connectivity index (χ1n) is 5.25. The second-order valence-corrected chi connectivity index (χ2v) is 5.75. The van der Waals surface area contributed by atoms with E-state index in [9.17, 15) is 21.6 Å². The van der Waals surface area contributed by atoms with Crippen LogP contribution in [0, 0.1) is 0 Å². The standard InChI is InChI=1S/C10H13F3N2O3S/c11-10(12,13)4-1-5-19(17,18)15-9-3-2-7(16)6-8(9)14/h2-3,6,15-16H,1,4-5,14H2. The van der Waals surface area contributed by atoms with Crippen LogP contribution < -0.4 is 10.5 Å². The Morgan fingerprint density at radius 3 is 2.47 bits per heavy atom. The van der Waals surface area contributed by atoms with Crippen LogP contribution in [-0.2, 0) is 10.0 Å². The summed E-state index contributed by atoms with van der Waals surface area (Å²) in [5.74, 6) is -0.801. The first-order chi connectivity index (χ1) is 8.59. The maximum absolute atomic E-state index is 11.9. The summed E-state index contributed by atoms with van der Waals surface area (Å²) in [6, 6.07) is 3.57. The molecule has 0 aliphatic heterocycles. The zero-order chi connectivity index (χ0) is 14.7. The molecule has 0 unspecified atom stereocenters. The number of phenols is 1. The molecule has 0 aliphatic rings. The third-order valence-corrected chi connectivity index (χ3v) is 3.53. The predicted molar refractivity (Wildman–Crippen MR) is 65.2 cm³/mol. The zero-order valence-corrected chi connectivity index (χ0v) is 10.6. The number of alkyl halides is 3. The Balaban J connectivity index is 2.64. The van der Waals surface area contributed by atoms with E-state index in [0.717, 1.165) is 6.07 Å². The first-order valence-corrected chi connectivity index (χ1v) is 6.90. The Morgan fingerprint density at radius 2 is 1.95 bits per heavy atom. The van der Waals surface area contributed by atoms with Crippen LogP contribution in [0.4, 0.5) is 24.5 Å². The van der Waals surface area contributed by atoms with Crippen molar-refractivity contribution in [3.8, 4) is 5.75 Å². The molecule has 0 heterocycles. The van der Waals surface area contributed by atoms with Crippen molar-refractivity contribution in [2.24, 2.45) is 0 Å². The lowest BCUT2D eigenvalue weighted by Crippen LogP contribution is -2.19. The molecule has 0 amide bonds. The Morgan fingerprint density at radius 1 is 1.32 bits per heavy atom. The Labute approximate surface area is 108 Å². The minimum absolute atomic E-state index is 0.0144. The number of phenolic OH excluding ortho intramolecular Hbond substituents is 1. The molecule has 0 aliphatic carbocycles. The number of hydrogen-bond donors (Lipinski definition) is 3. The molecule has 19 heavy (non-hydrogen) atoms. The highest BCUT2D eigenvalue weighted by molar-refractivity contribution is 7.92. The Kier molecular flexibility index (Phi) is 4.51. The van der Waals surface area contributed by atoms with Crippen molar-refractivity contribution in [3.63, 3.8) is 0 Å². The molecule has 4 N–H and O–H groups in total. The van der Waals surface area contributed by atoms with E-state index >= 15 is 0 Å². The van der Waals surface area contributed by atoms with Crippen LogP contribution in [-0.4, -0.2) is 25.5 Å². The van der Waals surface area contributed by atoms with Gasteiger partial charge in [-0.15, -0.1) is 0 Å². The summed E-state index contributed by atoms with van der Waals surface area (Å²) in [4.78, 5) is 0. The van der Waals surface area contributed by atoms with Crippen molar-refractivity contribution in [1.82, 2.24) is 0 Å². The van der Waals surface area contributed by atoms with Gasteiger partial charge in [0.25, 0.3) is 0 Å². The normalized spacial score (nSPS) is 12.4. The lowest BCUT2D eigenvalue weighted by molar-refractivity contribution is -0.134. The van der Waals surface area contributed by atoms with Gasteiger partial charge in [-0.3, -0.25) is 4.72 Å². The Hall–Kier alpha value is -1.64.